The fourth-order valence-electron chi connectivity index (χ4n) is 3.81. The number of allylic oxidation sites excluding steroid dienone is 2. The summed E-state index contributed by atoms with van der Waals surface area (Å²) in [7, 11) is 0. The second-order valence-corrected chi connectivity index (χ2v) is 8.66. The maximum absolute atomic E-state index is 11.9. The van der Waals surface area contributed by atoms with Crippen LogP contribution in [0, 0.1) is 0 Å². The van der Waals surface area contributed by atoms with Crippen LogP contribution in [0.3, 0.4) is 0 Å². The number of unbranched alkanes of at least 4 members (excludes halogenated alkanes) is 15. The Labute approximate surface area is 186 Å². The van der Waals surface area contributed by atoms with Crippen molar-refractivity contribution in [1.82, 2.24) is 0 Å². The zero-order chi connectivity index (χ0) is 21.5. The van der Waals surface area contributed by atoms with E-state index in [0.29, 0.717) is 6.42 Å². The molecule has 2 heteroatoms. The van der Waals surface area contributed by atoms with E-state index in [2.05, 4.69) is 24.4 Å². The highest BCUT2D eigenvalue weighted by molar-refractivity contribution is 5.90. The maximum Gasteiger partial charge on any atom is 0.224 e. The number of carbonyl (C=O) groups is 1. The minimum absolute atomic E-state index is 0.141. The second-order valence-electron chi connectivity index (χ2n) is 8.66. The summed E-state index contributed by atoms with van der Waals surface area (Å²) in [6.07, 6.45) is 27.9. The van der Waals surface area contributed by atoms with Crippen LogP contribution in [0.2, 0.25) is 0 Å². The van der Waals surface area contributed by atoms with E-state index >= 15 is 0 Å². The number of hydrogen-bond acceptors (Lipinski definition) is 1. The van der Waals surface area contributed by atoms with Gasteiger partial charge in [-0.1, -0.05) is 114 Å². The Morgan fingerprint density at radius 1 is 0.667 bits per heavy atom. The van der Waals surface area contributed by atoms with Crippen LogP contribution in [-0.4, -0.2) is 5.91 Å². The Hall–Kier alpha value is -1.57. The van der Waals surface area contributed by atoms with Gasteiger partial charge in [0.25, 0.3) is 0 Å². The van der Waals surface area contributed by atoms with Gasteiger partial charge in [-0.2, -0.15) is 0 Å². The van der Waals surface area contributed by atoms with E-state index in [1.165, 1.54) is 103 Å². The lowest BCUT2D eigenvalue weighted by Crippen LogP contribution is -2.10. The number of hydrogen-bond donors (Lipinski definition) is 1. The van der Waals surface area contributed by atoms with E-state index in [-0.39, 0.29) is 5.91 Å². The van der Waals surface area contributed by atoms with Gasteiger partial charge in [-0.25, -0.2) is 0 Å². The van der Waals surface area contributed by atoms with Gasteiger partial charge in [-0.05, 0) is 44.2 Å². The van der Waals surface area contributed by atoms with E-state index < -0.39 is 0 Å². The standard InChI is InChI=1S/C28H47NO/c1-2-3-4-5-6-7-8-9-10-11-12-13-14-15-16-17-18-19-23-26-28(30)29-27-24-21-20-22-25-27/h9-10,20-22,24-25H,2-8,11-19,23,26H2,1H3,(H,29,30). The first kappa shape index (κ1) is 26.5. The van der Waals surface area contributed by atoms with Crippen LogP contribution in [0.25, 0.3) is 0 Å². The number of para-hydroxylation sites is 1. The summed E-state index contributed by atoms with van der Waals surface area (Å²) in [5.41, 5.74) is 0.899. The van der Waals surface area contributed by atoms with Gasteiger partial charge in [0.1, 0.15) is 0 Å². The Balaban J connectivity index is 1.76. The van der Waals surface area contributed by atoms with Gasteiger partial charge in [0, 0.05) is 12.1 Å². The molecule has 0 radical (unpaired) electrons. The third-order valence-electron chi connectivity index (χ3n) is 5.72. The highest BCUT2D eigenvalue weighted by Gasteiger charge is 2.01. The first-order valence-corrected chi connectivity index (χ1v) is 12.8. The summed E-state index contributed by atoms with van der Waals surface area (Å²) in [6.45, 7) is 2.28. The van der Waals surface area contributed by atoms with Gasteiger partial charge < -0.3 is 5.32 Å². The average Bonchev–Trinajstić information content (AvgIpc) is 2.76. The van der Waals surface area contributed by atoms with Gasteiger partial charge in [0.05, 0.1) is 0 Å². The zero-order valence-electron chi connectivity index (χ0n) is 19.7. The zero-order valence-corrected chi connectivity index (χ0v) is 19.7. The molecule has 0 aliphatic carbocycles. The molecule has 0 aliphatic heterocycles. The van der Waals surface area contributed by atoms with E-state index in [4.69, 9.17) is 0 Å². The fraction of sp³-hybridized carbons (Fsp3) is 0.679. The molecule has 170 valence electrons. The lowest BCUT2D eigenvalue weighted by atomic mass is 10.1. The van der Waals surface area contributed by atoms with E-state index in [1.54, 1.807) is 0 Å². The molecule has 2 nitrogen and oxygen atoms in total. The van der Waals surface area contributed by atoms with Crippen LogP contribution in [-0.2, 0) is 4.79 Å². The number of nitrogens with one attached hydrogen (secondary N) is 1. The Kier molecular flexibility index (Phi) is 18.3. The number of carbonyl (C=O) groups excluding carboxylic acids is 1. The van der Waals surface area contributed by atoms with E-state index in [0.717, 1.165) is 12.1 Å². The Bertz CT molecular complexity index is 523. The molecular formula is C28H47NO. The monoisotopic (exact) mass is 413 g/mol. The van der Waals surface area contributed by atoms with Crippen LogP contribution >= 0.6 is 0 Å². The highest BCUT2D eigenvalue weighted by atomic mass is 16.1. The SMILES string of the molecule is CCCCCCCCC=CCCCCCCCCCCCC(=O)Nc1ccccc1. The third kappa shape index (κ3) is 17.3. The molecule has 0 bridgehead atoms. The van der Waals surface area contributed by atoms with Crippen molar-refractivity contribution >= 4 is 11.6 Å². The summed E-state index contributed by atoms with van der Waals surface area (Å²) >= 11 is 0. The van der Waals surface area contributed by atoms with Crippen molar-refractivity contribution < 1.29 is 4.79 Å². The molecule has 1 rings (SSSR count). The molecule has 30 heavy (non-hydrogen) atoms. The van der Waals surface area contributed by atoms with Gasteiger partial charge in [-0.3, -0.25) is 4.79 Å². The molecule has 0 atom stereocenters. The van der Waals surface area contributed by atoms with Crippen LogP contribution in [0.1, 0.15) is 122 Å². The molecule has 0 aromatic heterocycles. The lowest BCUT2D eigenvalue weighted by Gasteiger charge is -2.05. The summed E-state index contributed by atoms with van der Waals surface area (Å²) in [6, 6.07) is 9.73. The van der Waals surface area contributed by atoms with Gasteiger partial charge in [0.15, 0.2) is 0 Å². The third-order valence-corrected chi connectivity index (χ3v) is 5.72. The van der Waals surface area contributed by atoms with Crippen molar-refractivity contribution in [3.63, 3.8) is 0 Å². The minimum atomic E-state index is 0.141. The molecule has 1 N–H and O–H groups in total. The van der Waals surface area contributed by atoms with E-state index in [9.17, 15) is 4.79 Å². The first-order valence-electron chi connectivity index (χ1n) is 12.8. The molecule has 0 saturated carbocycles. The molecule has 0 saturated heterocycles. The summed E-state index contributed by atoms with van der Waals surface area (Å²) in [5, 5.41) is 2.96. The summed E-state index contributed by atoms with van der Waals surface area (Å²) < 4.78 is 0. The molecule has 1 aromatic carbocycles. The van der Waals surface area contributed by atoms with Gasteiger partial charge in [-0.15, -0.1) is 0 Å². The molecule has 0 spiro atoms. The van der Waals surface area contributed by atoms with Crippen LogP contribution in [0.15, 0.2) is 42.5 Å². The quantitative estimate of drug-likeness (QED) is 0.167. The van der Waals surface area contributed by atoms with Crippen molar-refractivity contribution in [1.29, 1.82) is 0 Å². The molecule has 0 heterocycles. The topological polar surface area (TPSA) is 29.1 Å². The molecule has 0 fully saturated rings. The number of anilines is 1. The van der Waals surface area contributed by atoms with Crippen molar-refractivity contribution in [2.24, 2.45) is 0 Å². The summed E-state index contributed by atoms with van der Waals surface area (Å²) in [4.78, 5) is 11.9. The summed E-state index contributed by atoms with van der Waals surface area (Å²) in [5.74, 6) is 0.141. The Morgan fingerprint density at radius 3 is 1.67 bits per heavy atom. The number of benzene rings is 1. The normalized spacial score (nSPS) is 11.2. The van der Waals surface area contributed by atoms with Gasteiger partial charge >= 0.3 is 0 Å². The van der Waals surface area contributed by atoms with Crippen LogP contribution in [0.4, 0.5) is 5.69 Å². The van der Waals surface area contributed by atoms with Gasteiger partial charge in [0.2, 0.25) is 5.91 Å². The predicted octanol–water partition coefficient (Wildman–Crippen LogP) is 9.22. The second kappa shape index (κ2) is 20.7. The molecule has 1 aromatic rings. The average molecular weight is 414 g/mol. The minimum Gasteiger partial charge on any atom is -0.326 e. The number of amides is 1. The van der Waals surface area contributed by atoms with Crippen LogP contribution in [0.5, 0.6) is 0 Å². The fourth-order valence-corrected chi connectivity index (χ4v) is 3.81. The molecular weight excluding hydrogens is 366 g/mol. The smallest absolute Gasteiger partial charge is 0.224 e. The highest BCUT2D eigenvalue weighted by Crippen LogP contribution is 2.13. The first-order chi connectivity index (χ1) is 14.8. The Morgan fingerprint density at radius 2 is 1.13 bits per heavy atom. The molecule has 1 amide bonds. The largest absolute Gasteiger partial charge is 0.326 e. The molecule has 0 aliphatic rings. The predicted molar refractivity (Wildman–Crippen MR) is 133 cm³/mol. The van der Waals surface area contributed by atoms with Crippen molar-refractivity contribution in [2.45, 2.75) is 122 Å². The molecule has 0 unspecified atom stereocenters. The van der Waals surface area contributed by atoms with Crippen molar-refractivity contribution in [2.75, 3.05) is 5.32 Å². The lowest BCUT2D eigenvalue weighted by molar-refractivity contribution is -0.116. The van der Waals surface area contributed by atoms with Crippen LogP contribution < -0.4 is 5.32 Å². The van der Waals surface area contributed by atoms with E-state index in [1.807, 2.05) is 30.3 Å². The number of rotatable bonds is 20. The van der Waals surface area contributed by atoms with Crippen molar-refractivity contribution in [3.05, 3.63) is 42.5 Å². The van der Waals surface area contributed by atoms with Crippen molar-refractivity contribution in [3.8, 4) is 0 Å². The maximum atomic E-state index is 11.9.